The second-order valence-electron chi connectivity index (χ2n) is 5.91. The summed E-state index contributed by atoms with van der Waals surface area (Å²) in [5, 5.41) is 3.42. The molecule has 2 rings (SSSR count). The standard InChI is InChI=1S/C17H28N2O/c1-14-5-6-17(13-15(14)2)20-12-4-11-19(3)16-7-9-18-10-8-16/h5-6,13,16,18H,4,7-12H2,1-3H3. The largest absolute Gasteiger partial charge is 0.494 e. The highest BCUT2D eigenvalue weighted by Gasteiger charge is 2.16. The van der Waals surface area contributed by atoms with Crippen LogP contribution in [0.1, 0.15) is 30.4 Å². The number of aryl methyl sites for hydroxylation is 2. The monoisotopic (exact) mass is 276 g/mol. The molecule has 1 heterocycles. The molecule has 1 saturated heterocycles. The number of benzene rings is 1. The molecule has 0 unspecified atom stereocenters. The Morgan fingerprint density at radius 1 is 1.20 bits per heavy atom. The average Bonchev–Trinajstić information content (AvgIpc) is 2.48. The van der Waals surface area contributed by atoms with Gasteiger partial charge in [0, 0.05) is 12.6 Å². The molecule has 1 aromatic rings. The molecule has 1 aromatic carbocycles. The zero-order valence-electron chi connectivity index (χ0n) is 13.1. The van der Waals surface area contributed by atoms with Crippen molar-refractivity contribution in [3.05, 3.63) is 29.3 Å². The zero-order chi connectivity index (χ0) is 14.4. The van der Waals surface area contributed by atoms with E-state index in [9.17, 15) is 0 Å². The zero-order valence-corrected chi connectivity index (χ0v) is 13.1. The second-order valence-corrected chi connectivity index (χ2v) is 5.91. The number of hydrogen-bond acceptors (Lipinski definition) is 3. The van der Waals surface area contributed by atoms with Crippen LogP contribution in [-0.4, -0.2) is 44.2 Å². The summed E-state index contributed by atoms with van der Waals surface area (Å²) >= 11 is 0. The molecule has 0 radical (unpaired) electrons. The Bertz CT molecular complexity index is 413. The number of hydrogen-bond donors (Lipinski definition) is 1. The van der Waals surface area contributed by atoms with E-state index in [-0.39, 0.29) is 0 Å². The summed E-state index contributed by atoms with van der Waals surface area (Å²) in [6, 6.07) is 7.08. The summed E-state index contributed by atoms with van der Waals surface area (Å²) in [7, 11) is 2.24. The number of ether oxygens (including phenoxy) is 1. The van der Waals surface area contributed by atoms with Crippen molar-refractivity contribution in [3.8, 4) is 5.75 Å². The third kappa shape index (κ3) is 4.50. The van der Waals surface area contributed by atoms with Crippen molar-refractivity contribution < 1.29 is 4.74 Å². The summed E-state index contributed by atoms with van der Waals surface area (Å²) in [6.45, 7) is 8.51. The van der Waals surface area contributed by atoms with Crippen LogP contribution >= 0.6 is 0 Å². The topological polar surface area (TPSA) is 24.5 Å². The summed E-state index contributed by atoms with van der Waals surface area (Å²) in [6.07, 6.45) is 3.64. The summed E-state index contributed by atoms with van der Waals surface area (Å²) < 4.78 is 5.84. The van der Waals surface area contributed by atoms with Crippen molar-refractivity contribution in [2.75, 3.05) is 33.3 Å². The quantitative estimate of drug-likeness (QED) is 0.809. The van der Waals surface area contributed by atoms with E-state index in [0.717, 1.165) is 44.5 Å². The third-order valence-electron chi connectivity index (χ3n) is 4.33. The van der Waals surface area contributed by atoms with Gasteiger partial charge >= 0.3 is 0 Å². The Kier molecular flexibility index (Phi) is 5.86. The number of piperidine rings is 1. The third-order valence-corrected chi connectivity index (χ3v) is 4.33. The number of rotatable bonds is 6. The highest BCUT2D eigenvalue weighted by molar-refractivity contribution is 5.33. The van der Waals surface area contributed by atoms with Crippen LogP contribution in [0.4, 0.5) is 0 Å². The minimum atomic E-state index is 0.748. The molecular formula is C17H28N2O. The average molecular weight is 276 g/mol. The van der Waals surface area contributed by atoms with E-state index in [2.05, 4.69) is 49.3 Å². The van der Waals surface area contributed by atoms with Crippen molar-refractivity contribution in [2.45, 2.75) is 39.2 Å². The van der Waals surface area contributed by atoms with Gasteiger partial charge in [0.25, 0.3) is 0 Å². The van der Waals surface area contributed by atoms with Crippen molar-refractivity contribution in [2.24, 2.45) is 0 Å². The van der Waals surface area contributed by atoms with Crippen LogP contribution in [0, 0.1) is 13.8 Å². The Hall–Kier alpha value is -1.06. The molecule has 112 valence electrons. The first kappa shape index (κ1) is 15.3. The Morgan fingerprint density at radius 3 is 2.65 bits per heavy atom. The molecular weight excluding hydrogens is 248 g/mol. The first-order valence-corrected chi connectivity index (χ1v) is 7.78. The summed E-state index contributed by atoms with van der Waals surface area (Å²) in [5.41, 5.74) is 2.62. The minimum Gasteiger partial charge on any atom is -0.494 e. The Morgan fingerprint density at radius 2 is 1.95 bits per heavy atom. The molecule has 1 aliphatic rings. The van der Waals surface area contributed by atoms with Crippen LogP contribution < -0.4 is 10.1 Å². The molecule has 1 N–H and O–H groups in total. The van der Waals surface area contributed by atoms with Gasteiger partial charge in [0.05, 0.1) is 6.61 Å². The normalized spacial score (nSPS) is 16.6. The fourth-order valence-electron chi connectivity index (χ4n) is 2.74. The molecule has 0 amide bonds. The molecule has 0 spiro atoms. The number of nitrogens with one attached hydrogen (secondary N) is 1. The Balaban J connectivity index is 1.66. The van der Waals surface area contributed by atoms with Crippen molar-refractivity contribution in [3.63, 3.8) is 0 Å². The summed E-state index contributed by atoms with van der Waals surface area (Å²) in [4.78, 5) is 2.49. The van der Waals surface area contributed by atoms with E-state index in [1.54, 1.807) is 0 Å². The van der Waals surface area contributed by atoms with Crippen molar-refractivity contribution >= 4 is 0 Å². The van der Waals surface area contributed by atoms with Crippen LogP contribution in [0.3, 0.4) is 0 Å². The van der Waals surface area contributed by atoms with Gasteiger partial charge in [-0.15, -0.1) is 0 Å². The van der Waals surface area contributed by atoms with Gasteiger partial charge in [-0.3, -0.25) is 0 Å². The summed E-state index contributed by atoms with van der Waals surface area (Å²) in [5.74, 6) is 0.998. The maximum absolute atomic E-state index is 5.84. The fraction of sp³-hybridized carbons (Fsp3) is 0.647. The lowest BCUT2D eigenvalue weighted by atomic mass is 10.1. The van der Waals surface area contributed by atoms with E-state index in [0.29, 0.717) is 0 Å². The van der Waals surface area contributed by atoms with Crippen LogP contribution in [-0.2, 0) is 0 Å². The molecule has 20 heavy (non-hydrogen) atoms. The van der Waals surface area contributed by atoms with Gasteiger partial charge in [-0.05, 0) is 76.5 Å². The number of nitrogens with zero attached hydrogens (tertiary/aromatic N) is 1. The van der Waals surface area contributed by atoms with Gasteiger partial charge in [-0.1, -0.05) is 6.07 Å². The molecule has 0 aromatic heterocycles. The maximum atomic E-state index is 5.84. The second kappa shape index (κ2) is 7.65. The minimum absolute atomic E-state index is 0.748. The highest BCUT2D eigenvalue weighted by Crippen LogP contribution is 2.16. The predicted molar refractivity (Wildman–Crippen MR) is 84.5 cm³/mol. The Labute approximate surface area is 123 Å². The van der Waals surface area contributed by atoms with E-state index in [1.165, 1.54) is 24.0 Å². The van der Waals surface area contributed by atoms with E-state index in [1.807, 2.05) is 0 Å². The molecule has 3 heteroatoms. The first-order valence-electron chi connectivity index (χ1n) is 7.78. The van der Waals surface area contributed by atoms with Crippen molar-refractivity contribution in [1.29, 1.82) is 0 Å². The van der Waals surface area contributed by atoms with Crippen LogP contribution in [0.2, 0.25) is 0 Å². The lowest BCUT2D eigenvalue weighted by Crippen LogP contribution is -2.41. The lowest BCUT2D eigenvalue weighted by Gasteiger charge is -2.31. The first-order chi connectivity index (χ1) is 9.66. The van der Waals surface area contributed by atoms with Crippen LogP contribution in [0.5, 0.6) is 5.75 Å². The molecule has 0 atom stereocenters. The van der Waals surface area contributed by atoms with Crippen molar-refractivity contribution in [1.82, 2.24) is 10.2 Å². The van der Waals surface area contributed by atoms with Gasteiger partial charge < -0.3 is 15.0 Å². The van der Waals surface area contributed by atoms with Gasteiger partial charge in [-0.2, -0.15) is 0 Å². The van der Waals surface area contributed by atoms with Crippen LogP contribution in [0.15, 0.2) is 18.2 Å². The fourth-order valence-corrected chi connectivity index (χ4v) is 2.74. The molecule has 1 fully saturated rings. The SMILES string of the molecule is Cc1ccc(OCCCN(C)C2CCNCC2)cc1C. The van der Waals surface area contributed by atoms with Crippen LogP contribution in [0.25, 0.3) is 0 Å². The molecule has 0 aliphatic carbocycles. The van der Waals surface area contributed by atoms with Gasteiger partial charge in [-0.25, -0.2) is 0 Å². The highest BCUT2D eigenvalue weighted by atomic mass is 16.5. The molecule has 0 bridgehead atoms. The molecule has 1 aliphatic heterocycles. The smallest absolute Gasteiger partial charge is 0.119 e. The molecule has 0 saturated carbocycles. The van der Waals surface area contributed by atoms with Gasteiger partial charge in [0.15, 0.2) is 0 Å². The maximum Gasteiger partial charge on any atom is 0.119 e. The van der Waals surface area contributed by atoms with Gasteiger partial charge in [0.1, 0.15) is 5.75 Å². The van der Waals surface area contributed by atoms with Gasteiger partial charge in [0.2, 0.25) is 0 Å². The van der Waals surface area contributed by atoms with E-state index in [4.69, 9.17) is 4.74 Å². The predicted octanol–water partition coefficient (Wildman–Crippen LogP) is 2.76. The lowest BCUT2D eigenvalue weighted by molar-refractivity contribution is 0.183. The van der Waals surface area contributed by atoms with E-state index >= 15 is 0 Å². The van der Waals surface area contributed by atoms with E-state index < -0.39 is 0 Å². The molecule has 3 nitrogen and oxygen atoms in total.